The molecule has 0 aromatic heterocycles. The van der Waals surface area contributed by atoms with Gasteiger partial charge >= 0.3 is 0 Å². The van der Waals surface area contributed by atoms with Crippen LogP contribution in [0.5, 0.6) is 0 Å². The summed E-state index contributed by atoms with van der Waals surface area (Å²) in [5.41, 5.74) is 0.0645. The molecule has 1 heterocycles. The molecule has 5 nitrogen and oxygen atoms in total. The van der Waals surface area contributed by atoms with E-state index >= 15 is 0 Å². The highest BCUT2D eigenvalue weighted by Gasteiger charge is 2.34. The average Bonchev–Trinajstić information content (AvgIpc) is 2.46. The maximum absolute atomic E-state index is 12.8. The summed E-state index contributed by atoms with van der Waals surface area (Å²) < 4.78 is 32.6. The molecule has 0 unspecified atom stereocenters. The summed E-state index contributed by atoms with van der Waals surface area (Å²) in [5, 5.41) is 9.48. The minimum Gasteiger partial charge on any atom is -0.373 e. The molecular weight excluding hydrogens is 312 g/mol. The molecule has 2 atom stereocenters. The van der Waals surface area contributed by atoms with Gasteiger partial charge in [-0.25, -0.2) is 8.42 Å². The van der Waals surface area contributed by atoms with Gasteiger partial charge in [-0.3, -0.25) is 0 Å². The van der Waals surface area contributed by atoms with Crippen LogP contribution >= 0.6 is 11.6 Å². The Morgan fingerprint density at radius 1 is 1.48 bits per heavy atom. The molecule has 0 saturated carbocycles. The lowest BCUT2D eigenvalue weighted by Crippen LogP contribution is -2.48. The predicted octanol–water partition coefficient (Wildman–Crippen LogP) is 2.40. The summed E-state index contributed by atoms with van der Waals surface area (Å²) in [6.45, 7) is 4.39. The zero-order valence-electron chi connectivity index (χ0n) is 11.9. The van der Waals surface area contributed by atoms with Crippen LogP contribution in [-0.4, -0.2) is 38.0 Å². The lowest BCUT2D eigenvalue weighted by molar-refractivity contribution is -0.0547. The first-order valence-corrected chi connectivity index (χ1v) is 8.55. The fourth-order valence-electron chi connectivity index (χ4n) is 2.38. The Bertz CT molecular complexity index is 669. The molecule has 0 bridgehead atoms. The van der Waals surface area contributed by atoms with Crippen molar-refractivity contribution in [2.45, 2.75) is 37.4 Å². The van der Waals surface area contributed by atoms with Crippen molar-refractivity contribution in [2.24, 2.45) is 0 Å². The quantitative estimate of drug-likeness (QED) is 0.854. The van der Waals surface area contributed by atoms with E-state index in [9.17, 15) is 8.42 Å². The molecule has 1 aliphatic rings. The third-order valence-corrected chi connectivity index (χ3v) is 5.55. The van der Waals surface area contributed by atoms with E-state index in [2.05, 4.69) is 0 Å². The first kappa shape index (κ1) is 16.2. The number of morpholine rings is 1. The van der Waals surface area contributed by atoms with Gasteiger partial charge in [-0.05, 0) is 31.5 Å². The molecule has 7 heteroatoms. The summed E-state index contributed by atoms with van der Waals surface area (Å²) in [6, 6.07) is 6.14. The smallest absolute Gasteiger partial charge is 0.244 e. The minimum absolute atomic E-state index is 0.00152. The van der Waals surface area contributed by atoms with Gasteiger partial charge in [-0.1, -0.05) is 18.5 Å². The number of rotatable bonds is 3. The van der Waals surface area contributed by atoms with Gasteiger partial charge in [0.2, 0.25) is 10.0 Å². The largest absolute Gasteiger partial charge is 0.373 e. The van der Waals surface area contributed by atoms with Crippen LogP contribution in [0.4, 0.5) is 0 Å². The number of hydrogen-bond donors (Lipinski definition) is 0. The number of halogens is 1. The standard InChI is InChI=1S/C14H17ClN2O3S/c1-3-13-9-17(8-10(2)20-13)21(18,19)14-5-4-12(15)6-11(14)7-16/h4-6,10,13H,3,8-9H2,1-2H3/t10-,13+/m1/s1. The average molecular weight is 329 g/mol. The number of sulfonamides is 1. The highest BCUT2D eigenvalue weighted by molar-refractivity contribution is 7.89. The van der Waals surface area contributed by atoms with Crippen LogP contribution in [-0.2, 0) is 14.8 Å². The van der Waals surface area contributed by atoms with Crippen LogP contribution in [0.3, 0.4) is 0 Å². The van der Waals surface area contributed by atoms with E-state index in [1.165, 1.54) is 22.5 Å². The van der Waals surface area contributed by atoms with E-state index in [-0.39, 0.29) is 29.2 Å². The summed E-state index contributed by atoms with van der Waals surface area (Å²) in [7, 11) is -3.73. The van der Waals surface area contributed by atoms with Crippen molar-refractivity contribution in [2.75, 3.05) is 13.1 Å². The SMILES string of the molecule is CC[C@H]1CN(S(=O)(=O)c2ccc(Cl)cc2C#N)C[C@@H](C)O1. The molecule has 114 valence electrons. The number of nitrogens with zero attached hydrogens (tertiary/aromatic N) is 2. The number of nitriles is 1. The first-order chi connectivity index (χ1) is 9.88. The Kier molecular flexibility index (Phi) is 4.89. The second-order valence-corrected chi connectivity index (χ2v) is 7.39. The second-order valence-electron chi connectivity index (χ2n) is 5.05. The van der Waals surface area contributed by atoms with Crippen molar-refractivity contribution in [1.82, 2.24) is 4.31 Å². The summed E-state index contributed by atoms with van der Waals surface area (Å²) >= 11 is 5.82. The van der Waals surface area contributed by atoms with E-state index in [1.807, 2.05) is 19.9 Å². The van der Waals surface area contributed by atoms with E-state index in [4.69, 9.17) is 21.6 Å². The van der Waals surface area contributed by atoms with Crippen molar-refractivity contribution in [1.29, 1.82) is 5.26 Å². The molecule has 1 aliphatic heterocycles. The van der Waals surface area contributed by atoms with Crippen molar-refractivity contribution < 1.29 is 13.2 Å². The maximum Gasteiger partial charge on any atom is 0.244 e. The molecule has 0 spiro atoms. The highest BCUT2D eigenvalue weighted by atomic mass is 35.5. The zero-order valence-corrected chi connectivity index (χ0v) is 13.5. The van der Waals surface area contributed by atoms with Crippen LogP contribution in [0.15, 0.2) is 23.1 Å². The van der Waals surface area contributed by atoms with Gasteiger partial charge in [-0.2, -0.15) is 9.57 Å². The van der Waals surface area contributed by atoms with Crippen molar-refractivity contribution in [3.8, 4) is 6.07 Å². The van der Waals surface area contributed by atoms with Crippen LogP contribution in [0.2, 0.25) is 5.02 Å². The Hall–Kier alpha value is -1.13. The molecule has 0 N–H and O–H groups in total. The van der Waals surface area contributed by atoms with Gasteiger partial charge in [0.25, 0.3) is 0 Å². The highest BCUT2D eigenvalue weighted by Crippen LogP contribution is 2.26. The lowest BCUT2D eigenvalue weighted by Gasteiger charge is -2.35. The van der Waals surface area contributed by atoms with Gasteiger partial charge in [0.1, 0.15) is 11.0 Å². The fourth-order valence-corrected chi connectivity index (χ4v) is 4.22. The van der Waals surface area contributed by atoms with Gasteiger partial charge in [-0.15, -0.1) is 0 Å². The van der Waals surface area contributed by atoms with Crippen LogP contribution in [0, 0.1) is 11.3 Å². The summed E-state index contributed by atoms with van der Waals surface area (Å²) in [4.78, 5) is -0.00152. The van der Waals surface area contributed by atoms with Gasteiger partial charge < -0.3 is 4.74 Å². The van der Waals surface area contributed by atoms with Crippen molar-refractivity contribution in [3.63, 3.8) is 0 Å². The summed E-state index contributed by atoms with van der Waals surface area (Å²) in [5.74, 6) is 0. The molecule has 0 radical (unpaired) electrons. The van der Waals surface area contributed by atoms with E-state index in [1.54, 1.807) is 0 Å². The third-order valence-electron chi connectivity index (χ3n) is 3.43. The van der Waals surface area contributed by atoms with E-state index in [0.29, 0.717) is 11.6 Å². The normalized spacial score (nSPS) is 23.7. The lowest BCUT2D eigenvalue weighted by atomic mass is 10.2. The van der Waals surface area contributed by atoms with Gasteiger partial charge in [0, 0.05) is 18.1 Å². The molecule has 1 aromatic carbocycles. The monoisotopic (exact) mass is 328 g/mol. The summed E-state index contributed by atoms with van der Waals surface area (Å²) in [6.07, 6.45) is 0.444. The van der Waals surface area contributed by atoms with Crippen molar-refractivity contribution >= 4 is 21.6 Å². The Morgan fingerprint density at radius 3 is 2.81 bits per heavy atom. The van der Waals surface area contributed by atoms with Gasteiger partial charge in [0.05, 0.1) is 17.8 Å². The number of benzene rings is 1. The first-order valence-electron chi connectivity index (χ1n) is 6.73. The van der Waals surface area contributed by atoms with Crippen LogP contribution < -0.4 is 0 Å². The van der Waals surface area contributed by atoms with E-state index < -0.39 is 10.0 Å². The molecule has 1 saturated heterocycles. The second kappa shape index (κ2) is 6.32. The third kappa shape index (κ3) is 3.38. The molecule has 21 heavy (non-hydrogen) atoms. The molecule has 0 amide bonds. The Morgan fingerprint density at radius 2 is 2.19 bits per heavy atom. The molecular formula is C14H17ClN2O3S. The van der Waals surface area contributed by atoms with Crippen LogP contribution in [0.25, 0.3) is 0 Å². The Labute approximate surface area is 130 Å². The maximum atomic E-state index is 12.8. The predicted molar refractivity (Wildman–Crippen MR) is 79.6 cm³/mol. The molecule has 0 aliphatic carbocycles. The fraction of sp³-hybridized carbons (Fsp3) is 0.500. The zero-order chi connectivity index (χ0) is 15.6. The van der Waals surface area contributed by atoms with Gasteiger partial charge in [0.15, 0.2) is 0 Å². The van der Waals surface area contributed by atoms with Crippen LogP contribution in [0.1, 0.15) is 25.8 Å². The van der Waals surface area contributed by atoms with Crippen molar-refractivity contribution in [3.05, 3.63) is 28.8 Å². The van der Waals surface area contributed by atoms with E-state index in [0.717, 1.165) is 6.42 Å². The molecule has 2 rings (SSSR count). The topological polar surface area (TPSA) is 70.4 Å². The molecule has 1 aromatic rings. The number of hydrogen-bond acceptors (Lipinski definition) is 4. The number of ether oxygens (including phenoxy) is 1. The Balaban J connectivity index is 2.40. The molecule has 1 fully saturated rings. The minimum atomic E-state index is -3.73.